The monoisotopic (exact) mass is 590 g/mol. The number of benzene rings is 3. The van der Waals surface area contributed by atoms with Crippen LogP contribution >= 0.6 is 0 Å². The lowest BCUT2D eigenvalue weighted by atomic mass is 9.57. The Morgan fingerprint density at radius 3 is 2.43 bits per heavy atom. The third-order valence-corrected chi connectivity index (χ3v) is 9.21. The van der Waals surface area contributed by atoms with E-state index in [-0.39, 0.29) is 35.5 Å². The van der Waals surface area contributed by atoms with Gasteiger partial charge in [-0.3, -0.25) is 14.5 Å². The number of phenolic OH excluding ortho intramolecular Hbond substituents is 1. The summed E-state index contributed by atoms with van der Waals surface area (Å²) in [7, 11) is -1.00. The number of nitrogens with one attached hydrogen (secondary N) is 1. The van der Waals surface area contributed by atoms with Gasteiger partial charge in [0.2, 0.25) is 11.8 Å². The maximum Gasteiger partial charge on any atom is 0.455 e. The molecule has 0 bridgehead atoms. The Morgan fingerprint density at radius 1 is 1.00 bits per heavy atom. The highest BCUT2D eigenvalue weighted by Gasteiger charge is 2.57. The molecule has 2 amide bonds. The fraction of sp³-hybridized carbons (Fsp3) is 0.333. The molecule has 1 aliphatic carbocycles. The molecule has 0 unspecified atom stereocenters. The topological polar surface area (TPSA) is 99.1 Å². The Kier molecular flexibility index (Phi) is 8.47. The van der Waals surface area contributed by atoms with Gasteiger partial charge in [0.1, 0.15) is 5.75 Å². The lowest BCUT2D eigenvalue weighted by Gasteiger charge is -2.44. The number of imide groups is 1. The Labute approximate surface area is 259 Å². The number of carbonyl (C=O) groups excluding carboxylic acids is 2. The van der Waals surface area contributed by atoms with Crippen LogP contribution in [0.1, 0.15) is 45.6 Å². The SMILES string of the molecule is C/C(=C\c1cccc(O)c1)CC[C@H]1OB(O)C[C@H]2C1=C(C(C)C)C[C@H]1C(=O)N(c3ccc(Nc4ccccc4)cc3)C(=O)[C@H]12. The number of fused-ring (bicyclic) bond motifs is 3. The highest BCUT2D eigenvalue weighted by Crippen LogP contribution is 2.52. The summed E-state index contributed by atoms with van der Waals surface area (Å²) in [5.74, 6) is -1.18. The van der Waals surface area contributed by atoms with Gasteiger partial charge in [0.25, 0.3) is 0 Å². The smallest absolute Gasteiger partial charge is 0.455 e. The highest BCUT2D eigenvalue weighted by molar-refractivity contribution is 6.43. The van der Waals surface area contributed by atoms with E-state index in [2.05, 4.69) is 19.2 Å². The third-order valence-electron chi connectivity index (χ3n) is 9.21. The first-order valence-electron chi connectivity index (χ1n) is 15.5. The van der Waals surface area contributed by atoms with Gasteiger partial charge in [0.05, 0.1) is 23.6 Å². The minimum Gasteiger partial charge on any atom is -0.508 e. The standard InChI is InChI=1S/C36H39BN2O5/c1-22(2)29-20-30-34(36(42)39(35(30)41)27-15-13-26(14-16-27)38-25-9-5-4-6-10-25)31-21-37(43)44-32(33(29)31)17-12-23(3)18-24-8-7-11-28(40)19-24/h4-11,13-16,18-19,22,30-32,34,38,40,43H,12,17,20-21H2,1-3H3/b23-18+/t30-,31+,32-,34-/m1/s1. The van der Waals surface area contributed by atoms with Gasteiger partial charge in [-0.05, 0) is 104 Å². The summed E-state index contributed by atoms with van der Waals surface area (Å²) >= 11 is 0. The fourth-order valence-corrected chi connectivity index (χ4v) is 7.22. The van der Waals surface area contributed by atoms with E-state index < -0.39 is 19.0 Å². The minimum atomic E-state index is -1.00. The zero-order valence-corrected chi connectivity index (χ0v) is 25.4. The van der Waals surface area contributed by atoms with Crippen LogP contribution in [0.3, 0.4) is 0 Å². The number of anilines is 3. The molecule has 2 fully saturated rings. The molecule has 3 aromatic carbocycles. The number of rotatable bonds is 8. The summed E-state index contributed by atoms with van der Waals surface area (Å²) in [6.45, 7) is 6.31. The van der Waals surface area contributed by atoms with E-state index in [1.165, 1.54) is 10.5 Å². The van der Waals surface area contributed by atoms with Crippen LogP contribution in [0.5, 0.6) is 5.75 Å². The number of aromatic hydroxyl groups is 1. The Balaban J connectivity index is 1.24. The van der Waals surface area contributed by atoms with Gasteiger partial charge in [-0.1, -0.05) is 61.4 Å². The summed E-state index contributed by atoms with van der Waals surface area (Å²) < 4.78 is 6.15. The van der Waals surface area contributed by atoms with Gasteiger partial charge in [-0.15, -0.1) is 0 Å². The first kappa shape index (κ1) is 29.9. The average Bonchev–Trinajstić information content (AvgIpc) is 3.25. The van der Waals surface area contributed by atoms with Crippen molar-refractivity contribution < 1.29 is 24.4 Å². The molecule has 0 saturated carbocycles. The van der Waals surface area contributed by atoms with Crippen molar-refractivity contribution in [3.63, 3.8) is 0 Å². The number of allylic oxidation sites excluding steroid dienone is 2. The number of carbonyl (C=O) groups is 2. The molecule has 0 aromatic heterocycles. The summed E-state index contributed by atoms with van der Waals surface area (Å²) in [5.41, 5.74) is 6.71. The quantitative estimate of drug-likeness (QED) is 0.149. The van der Waals surface area contributed by atoms with E-state index in [1.807, 2.05) is 79.7 Å². The van der Waals surface area contributed by atoms with Gasteiger partial charge in [0.15, 0.2) is 0 Å². The van der Waals surface area contributed by atoms with E-state index in [1.54, 1.807) is 12.1 Å². The lowest BCUT2D eigenvalue weighted by molar-refractivity contribution is -0.122. The maximum atomic E-state index is 14.1. The third kappa shape index (κ3) is 5.97. The average molecular weight is 591 g/mol. The molecule has 3 N–H and O–H groups in total. The Hall–Kier alpha value is -4.14. The highest BCUT2D eigenvalue weighted by atomic mass is 16.5. The molecular formula is C36H39BN2O5. The molecule has 2 aliphatic heterocycles. The van der Waals surface area contributed by atoms with Crippen LogP contribution in [0.4, 0.5) is 17.1 Å². The fourth-order valence-electron chi connectivity index (χ4n) is 7.22. The first-order chi connectivity index (χ1) is 21.2. The van der Waals surface area contributed by atoms with E-state index in [0.717, 1.165) is 34.5 Å². The molecule has 0 spiro atoms. The van der Waals surface area contributed by atoms with E-state index in [4.69, 9.17) is 4.65 Å². The molecule has 2 heterocycles. The number of nitrogens with zero attached hydrogens (tertiary/aromatic N) is 1. The molecule has 4 atom stereocenters. The molecule has 0 radical (unpaired) electrons. The maximum absolute atomic E-state index is 14.1. The zero-order valence-electron chi connectivity index (χ0n) is 25.4. The summed E-state index contributed by atoms with van der Waals surface area (Å²) in [6, 6.07) is 24.4. The largest absolute Gasteiger partial charge is 0.508 e. The van der Waals surface area contributed by atoms with Crippen molar-refractivity contribution in [2.24, 2.45) is 23.7 Å². The van der Waals surface area contributed by atoms with Crippen molar-refractivity contribution >= 4 is 42.1 Å². The van der Waals surface area contributed by atoms with Crippen molar-refractivity contribution in [2.45, 2.75) is 52.5 Å². The predicted molar refractivity (Wildman–Crippen MR) is 174 cm³/mol. The number of para-hydroxylation sites is 1. The Morgan fingerprint density at radius 2 is 1.73 bits per heavy atom. The van der Waals surface area contributed by atoms with E-state index in [9.17, 15) is 19.7 Å². The van der Waals surface area contributed by atoms with E-state index in [0.29, 0.717) is 24.8 Å². The van der Waals surface area contributed by atoms with Gasteiger partial charge in [-0.2, -0.15) is 0 Å². The lowest BCUT2D eigenvalue weighted by Crippen LogP contribution is -2.46. The molecule has 3 aliphatic rings. The van der Waals surface area contributed by atoms with Crippen molar-refractivity contribution in [3.05, 3.63) is 101 Å². The summed E-state index contributed by atoms with van der Waals surface area (Å²) in [4.78, 5) is 29.3. The van der Waals surface area contributed by atoms with Crippen LogP contribution in [-0.4, -0.2) is 35.2 Å². The minimum absolute atomic E-state index is 0.164. The normalized spacial score (nSPS) is 23.7. The molecule has 44 heavy (non-hydrogen) atoms. The van der Waals surface area contributed by atoms with Crippen molar-refractivity contribution in [2.75, 3.05) is 10.2 Å². The van der Waals surface area contributed by atoms with Crippen molar-refractivity contribution in [1.29, 1.82) is 0 Å². The summed E-state index contributed by atoms with van der Waals surface area (Å²) in [5, 5.41) is 24.1. The van der Waals surface area contributed by atoms with E-state index >= 15 is 0 Å². The predicted octanol–water partition coefficient (Wildman–Crippen LogP) is 6.98. The van der Waals surface area contributed by atoms with Crippen LogP contribution in [-0.2, 0) is 14.2 Å². The number of amides is 2. The summed E-state index contributed by atoms with van der Waals surface area (Å²) in [6.07, 6.45) is 3.91. The number of phenols is 1. The van der Waals surface area contributed by atoms with Gasteiger partial charge < -0.3 is 20.1 Å². The van der Waals surface area contributed by atoms with Crippen molar-refractivity contribution in [1.82, 2.24) is 0 Å². The molecule has 8 heteroatoms. The molecule has 226 valence electrons. The van der Waals surface area contributed by atoms with Crippen molar-refractivity contribution in [3.8, 4) is 5.75 Å². The van der Waals surface area contributed by atoms with Gasteiger partial charge in [0, 0.05) is 11.4 Å². The molecule has 3 aromatic rings. The van der Waals surface area contributed by atoms with Gasteiger partial charge >= 0.3 is 7.12 Å². The second-order valence-electron chi connectivity index (χ2n) is 12.6. The molecule has 6 rings (SSSR count). The van der Waals surface area contributed by atoms with Crippen LogP contribution in [0.25, 0.3) is 6.08 Å². The number of hydrogen-bond acceptors (Lipinski definition) is 6. The second kappa shape index (κ2) is 12.5. The van der Waals surface area contributed by atoms with Crippen LogP contribution in [0.15, 0.2) is 95.6 Å². The second-order valence-corrected chi connectivity index (χ2v) is 12.6. The first-order valence-corrected chi connectivity index (χ1v) is 15.5. The number of hydrogen-bond donors (Lipinski definition) is 3. The zero-order chi connectivity index (χ0) is 31.0. The van der Waals surface area contributed by atoms with Crippen LogP contribution in [0.2, 0.25) is 6.32 Å². The Bertz CT molecular complexity index is 1600. The van der Waals surface area contributed by atoms with Crippen LogP contribution < -0.4 is 10.2 Å². The van der Waals surface area contributed by atoms with Crippen LogP contribution in [0, 0.1) is 23.7 Å². The molecular weight excluding hydrogens is 551 g/mol. The molecule has 2 saturated heterocycles. The molecule has 7 nitrogen and oxygen atoms in total. The van der Waals surface area contributed by atoms with Gasteiger partial charge in [-0.25, -0.2) is 0 Å².